The third-order valence-corrected chi connectivity index (χ3v) is 4.32. The first-order chi connectivity index (χ1) is 11.9. The van der Waals surface area contributed by atoms with Gasteiger partial charge >= 0.3 is 0 Å². The van der Waals surface area contributed by atoms with Gasteiger partial charge in [-0.15, -0.1) is 0 Å². The van der Waals surface area contributed by atoms with Crippen LogP contribution in [0.3, 0.4) is 0 Å². The van der Waals surface area contributed by atoms with Gasteiger partial charge in [0.05, 0.1) is 11.8 Å². The van der Waals surface area contributed by atoms with Crippen molar-refractivity contribution in [3.8, 4) is 28.5 Å². The lowest BCUT2D eigenvalue weighted by Gasteiger charge is -2.26. The molecule has 0 radical (unpaired) electrons. The number of rotatable bonds is 2. The van der Waals surface area contributed by atoms with E-state index >= 15 is 0 Å². The molecule has 0 saturated heterocycles. The summed E-state index contributed by atoms with van der Waals surface area (Å²) < 4.78 is 11.9. The Bertz CT molecular complexity index is 988. The molecule has 3 heterocycles. The number of para-hydroxylation sites is 1. The first-order valence-corrected chi connectivity index (χ1v) is 7.85. The number of benzene rings is 2. The minimum Gasteiger partial charge on any atom is -0.480 e. The Morgan fingerprint density at radius 2 is 1.71 bits per heavy atom. The summed E-state index contributed by atoms with van der Waals surface area (Å²) in [6.07, 6.45) is 1.44. The lowest BCUT2D eigenvalue weighted by molar-refractivity contribution is 0.244. The second-order valence-corrected chi connectivity index (χ2v) is 5.74. The van der Waals surface area contributed by atoms with Gasteiger partial charge in [-0.05, 0) is 29.8 Å². The Morgan fingerprint density at radius 1 is 0.875 bits per heavy atom. The normalized spacial score (nSPS) is 15.4. The molecular formula is C20H14N2O2. The molecule has 0 saturated carbocycles. The van der Waals surface area contributed by atoms with Crippen molar-refractivity contribution in [3.63, 3.8) is 0 Å². The van der Waals surface area contributed by atoms with Gasteiger partial charge in [0.1, 0.15) is 17.1 Å². The maximum absolute atomic E-state index is 6.34. The van der Waals surface area contributed by atoms with Gasteiger partial charge in [0.2, 0.25) is 0 Å². The number of hydrogen-bond acceptors (Lipinski definition) is 3. The van der Waals surface area contributed by atoms with Crippen molar-refractivity contribution in [2.45, 2.75) is 6.10 Å². The second kappa shape index (κ2) is 5.13. The highest BCUT2D eigenvalue weighted by Gasteiger charge is 2.33. The number of nitrogens with one attached hydrogen (secondary N) is 1. The summed E-state index contributed by atoms with van der Waals surface area (Å²) in [6.45, 7) is 0. The number of ether oxygens (including phenoxy) is 1. The van der Waals surface area contributed by atoms with Crippen molar-refractivity contribution in [3.05, 3.63) is 84.1 Å². The summed E-state index contributed by atoms with van der Waals surface area (Å²) in [4.78, 5) is 0. The van der Waals surface area contributed by atoms with Crippen LogP contribution in [0, 0.1) is 0 Å². The van der Waals surface area contributed by atoms with Gasteiger partial charge in [0.15, 0.2) is 11.9 Å². The quantitative estimate of drug-likeness (QED) is 0.577. The molecule has 4 heteroatoms. The van der Waals surface area contributed by atoms with E-state index in [0.29, 0.717) is 0 Å². The lowest BCUT2D eigenvalue weighted by Crippen LogP contribution is -2.15. The molecule has 116 valence electrons. The van der Waals surface area contributed by atoms with Crippen LogP contribution in [0.15, 0.2) is 77.4 Å². The molecule has 5 rings (SSSR count). The molecule has 1 N–H and O–H groups in total. The first kappa shape index (κ1) is 13.2. The minimum absolute atomic E-state index is 0.227. The molecule has 0 amide bonds. The average Bonchev–Trinajstić information content (AvgIpc) is 3.31. The highest BCUT2D eigenvalue weighted by atomic mass is 16.5. The maximum atomic E-state index is 6.34. The third kappa shape index (κ3) is 1.90. The van der Waals surface area contributed by atoms with Gasteiger partial charge in [0, 0.05) is 5.56 Å². The Hall–Kier alpha value is -3.27. The zero-order chi connectivity index (χ0) is 15.9. The molecule has 0 spiro atoms. The number of aromatic nitrogens is 2. The number of fused-ring (bicyclic) bond motifs is 3. The van der Waals surface area contributed by atoms with E-state index in [2.05, 4.69) is 22.3 Å². The third-order valence-electron chi connectivity index (χ3n) is 4.32. The minimum atomic E-state index is -0.227. The van der Waals surface area contributed by atoms with Crippen LogP contribution in [0.1, 0.15) is 17.2 Å². The molecule has 0 aliphatic carbocycles. The highest BCUT2D eigenvalue weighted by Crippen LogP contribution is 2.47. The molecule has 4 nitrogen and oxygen atoms in total. The Kier molecular flexibility index (Phi) is 2.82. The number of furan rings is 1. The molecule has 1 atom stereocenters. The molecule has 2 aromatic heterocycles. The van der Waals surface area contributed by atoms with Gasteiger partial charge in [-0.2, -0.15) is 5.10 Å². The summed E-state index contributed by atoms with van der Waals surface area (Å²) in [5.41, 5.74) is 4.86. The van der Waals surface area contributed by atoms with Gasteiger partial charge in [-0.25, -0.2) is 0 Å². The fraction of sp³-hybridized carbons (Fsp3) is 0.0500. The summed E-state index contributed by atoms with van der Waals surface area (Å²) in [5, 5.41) is 7.70. The zero-order valence-corrected chi connectivity index (χ0v) is 12.8. The molecule has 4 aromatic rings. The molecule has 1 aliphatic rings. The van der Waals surface area contributed by atoms with Gasteiger partial charge in [-0.3, -0.25) is 5.10 Å². The maximum Gasteiger partial charge on any atom is 0.153 e. The SMILES string of the molecule is c1ccc(C2Oc3ccccc3-c3n[nH]c(-c4ccco4)c32)cc1. The van der Waals surface area contributed by atoms with E-state index in [1.807, 2.05) is 54.6 Å². The van der Waals surface area contributed by atoms with Gasteiger partial charge in [0.25, 0.3) is 0 Å². The van der Waals surface area contributed by atoms with E-state index in [9.17, 15) is 0 Å². The number of hydrogen-bond donors (Lipinski definition) is 1. The van der Waals surface area contributed by atoms with E-state index in [-0.39, 0.29) is 6.10 Å². The monoisotopic (exact) mass is 314 g/mol. The Balaban J connectivity index is 1.77. The van der Waals surface area contributed by atoms with Crippen LogP contribution in [0.2, 0.25) is 0 Å². The molecular weight excluding hydrogens is 300 g/mol. The summed E-state index contributed by atoms with van der Waals surface area (Å²) >= 11 is 0. The van der Waals surface area contributed by atoms with Gasteiger partial charge < -0.3 is 9.15 Å². The summed E-state index contributed by atoms with van der Waals surface area (Å²) in [5.74, 6) is 1.60. The van der Waals surface area contributed by atoms with E-state index in [1.165, 1.54) is 0 Å². The van der Waals surface area contributed by atoms with Crippen LogP contribution < -0.4 is 4.74 Å². The summed E-state index contributed by atoms with van der Waals surface area (Å²) in [7, 11) is 0. The number of aromatic amines is 1. The van der Waals surface area contributed by atoms with Crippen LogP contribution in [-0.4, -0.2) is 10.2 Å². The van der Waals surface area contributed by atoms with Crippen molar-refractivity contribution in [2.75, 3.05) is 0 Å². The topological polar surface area (TPSA) is 51.0 Å². The second-order valence-electron chi connectivity index (χ2n) is 5.74. The van der Waals surface area contributed by atoms with Crippen LogP contribution in [0.25, 0.3) is 22.7 Å². The highest BCUT2D eigenvalue weighted by molar-refractivity contribution is 5.79. The van der Waals surface area contributed by atoms with Crippen LogP contribution >= 0.6 is 0 Å². The van der Waals surface area contributed by atoms with E-state index < -0.39 is 0 Å². The van der Waals surface area contributed by atoms with Crippen LogP contribution in [0.5, 0.6) is 5.75 Å². The predicted molar refractivity (Wildman–Crippen MR) is 90.6 cm³/mol. The first-order valence-electron chi connectivity index (χ1n) is 7.85. The van der Waals surface area contributed by atoms with Gasteiger partial charge in [-0.1, -0.05) is 42.5 Å². The predicted octanol–water partition coefficient (Wildman–Crippen LogP) is 4.82. The number of nitrogens with zero attached hydrogens (tertiary/aromatic N) is 1. The molecule has 0 bridgehead atoms. The fourth-order valence-electron chi connectivity index (χ4n) is 3.23. The average molecular weight is 314 g/mol. The number of H-pyrrole nitrogens is 1. The van der Waals surface area contributed by atoms with E-state index in [1.54, 1.807) is 6.26 Å². The van der Waals surface area contributed by atoms with Crippen molar-refractivity contribution < 1.29 is 9.15 Å². The largest absolute Gasteiger partial charge is 0.480 e. The smallest absolute Gasteiger partial charge is 0.153 e. The van der Waals surface area contributed by atoms with E-state index in [0.717, 1.165) is 39.6 Å². The standard InChI is InChI=1S/C20H14N2O2/c1-2-7-13(8-3-1)20-17-18(14-9-4-5-10-15(14)24-20)21-22-19(17)16-11-6-12-23-16/h1-12,20H,(H,21,22). The van der Waals surface area contributed by atoms with Crippen molar-refractivity contribution in [1.82, 2.24) is 10.2 Å². The molecule has 0 fully saturated rings. The van der Waals surface area contributed by atoms with Crippen molar-refractivity contribution in [2.24, 2.45) is 0 Å². The Morgan fingerprint density at radius 3 is 2.54 bits per heavy atom. The van der Waals surface area contributed by atoms with Crippen LogP contribution in [-0.2, 0) is 0 Å². The molecule has 24 heavy (non-hydrogen) atoms. The molecule has 1 unspecified atom stereocenters. The lowest BCUT2D eigenvalue weighted by atomic mass is 9.92. The van der Waals surface area contributed by atoms with Crippen molar-refractivity contribution >= 4 is 0 Å². The van der Waals surface area contributed by atoms with Crippen molar-refractivity contribution in [1.29, 1.82) is 0 Å². The fourth-order valence-corrected chi connectivity index (χ4v) is 3.23. The summed E-state index contributed by atoms with van der Waals surface area (Å²) in [6, 6.07) is 22.0. The molecule has 1 aliphatic heterocycles. The zero-order valence-electron chi connectivity index (χ0n) is 12.8. The Labute approximate surface area is 138 Å². The van der Waals surface area contributed by atoms with E-state index in [4.69, 9.17) is 9.15 Å². The van der Waals surface area contributed by atoms with Crippen LogP contribution in [0.4, 0.5) is 0 Å². The molecule has 2 aromatic carbocycles.